The number of fused-ring (bicyclic) bond motifs is 1. The van der Waals surface area contributed by atoms with Gasteiger partial charge in [-0.15, -0.1) is 0 Å². The molecule has 0 bridgehead atoms. The molecule has 2 aliphatic heterocycles. The monoisotopic (exact) mass is 415 g/mol. The summed E-state index contributed by atoms with van der Waals surface area (Å²) in [5.74, 6) is 1.10. The Bertz CT molecular complexity index is 270. The van der Waals surface area contributed by atoms with Crippen molar-refractivity contribution in [3.8, 4) is 0 Å². The van der Waals surface area contributed by atoms with Gasteiger partial charge in [0.1, 0.15) is 0 Å². The zero-order valence-corrected chi connectivity index (χ0v) is 18.6. The molecule has 22 heavy (non-hydrogen) atoms. The Hall–Kier alpha value is 0.759. The van der Waals surface area contributed by atoms with Crippen LogP contribution in [-0.4, -0.2) is 42.4 Å². The molecular formula is C20H41NSn. The van der Waals surface area contributed by atoms with Crippen LogP contribution in [0.3, 0.4) is 0 Å². The third-order valence-corrected chi connectivity index (χ3v) is 22.7. The zero-order valence-electron chi connectivity index (χ0n) is 15.7. The van der Waals surface area contributed by atoms with Gasteiger partial charge in [-0.25, -0.2) is 0 Å². The van der Waals surface area contributed by atoms with E-state index in [4.69, 9.17) is 0 Å². The minimum absolute atomic E-state index is 0.998. The minimum atomic E-state index is -1.86. The molecule has 2 heterocycles. The van der Waals surface area contributed by atoms with Crippen molar-refractivity contribution in [2.75, 3.05) is 13.1 Å². The van der Waals surface area contributed by atoms with Crippen molar-refractivity contribution < 1.29 is 0 Å². The van der Waals surface area contributed by atoms with Crippen molar-refractivity contribution in [3.05, 3.63) is 0 Å². The van der Waals surface area contributed by atoms with Gasteiger partial charge in [-0.05, 0) is 0 Å². The third-order valence-electron chi connectivity index (χ3n) is 6.50. The van der Waals surface area contributed by atoms with Gasteiger partial charge >= 0.3 is 145 Å². The standard InChI is InChI=1S/C8H14N.3C4H9.Sn/c1-7-5-8-3-2-4-9(8)6-7;3*1-3-4-2;/h7-8H,1-6H2;3*1,3-4H2,2H3;/t7-,8+;;;;/m1..../s1. The van der Waals surface area contributed by atoms with E-state index in [0.717, 1.165) is 12.0 Å². The molecule has 0 spiro atoms. The second kappa shape index (κ2) is 9.91. The van der Waals surface area contributed by atoms with Crippen LogP contribution in [0.25, 0.3) is 0 Å². The first-order chi connectivity index (χ1) is 10.7. The normalized spacial score (nSPS) is 25.8. The van der Waals surface area contributed by atoms with Gasteiger partial charge in [-0.3, -0.25) is 0 Å². The number of hydrogen-bond acceptors (Lipinski definition) is 1. The van der Waals surface area contributed by atoms with Crippen LogP contribution in [0, 0.1) is 5.92 Å². The number of hydrogen-bond donors (Lipinski definition) is 0. The van der Waals surface area contributed by atoms with Gasteiger partial charge < -0.3 is 0 Å². The van der Waals surface area contributed by atoms with Crippen molar-refractivity contribution in [1.82, 2.24) is 4.90 Å². The predicted molar refractivity (Wildman–Crippen MR) is 102 cm³/mol. The molecule has 2 heteroatoms. The van der Waals surface area contributed by atoms with Crippen molar-refractivity contribution in [3.63, 3.8) is 0 Å². The molecule has 2 atom stereocenters. The van der Waals surface area contributed by atoms with Crippen LogP contribution in [0.15, 0.2) is 0 Å². The molecule has 0 aromatic rings. The van der Waals surface area contributed by atoms with E-state index in [9.17, 15) is 0 Å². The van der Waals surface area contributed by atoms with Gasteiger partial charge in [0.05, 0.1) is 0 Å². The molecule has 130 valence electrons. The first kappa shape index (κ1) is 19.1. The summed E-state index contributed by atoms with van der Waals surface area (Å²) < 4.78 is 6.90. The van der Waals surface area contributed by atoms with Crippen LogP contribution in [0.4, 0.5) is 0 Å². The van der Waals surface area contributed by atoms with E-state index in [2.05, 4.69) is 25.7 Å². The first-order valence-electron chi connectivity index (χ1n) is 10.5. The van der Waals surface area contributed by atoms with E-state index in [0.29, 0.717) is 0 Å². The molecule has 0 aromatic heterocycles. The van der Waals surface area contributed by atoms with E-state index in [-0.39, 0.29) is 0 Å². The molecule has 0 aromatic carbocycles. The fourth-order valence-corrected chi connectivity index (χ4v) is 23.0. The Kier molecular flexibility index (Phi) is 8.60. The van der Waals surface area contributed by atoms with E-state index in [1.54, 1.807) is 43.4 Å². The van der Waals surface area contributed by atoms with Gasteiger partial charge in [0.2, 0.25) is 0 Å². The summed E-state index contributed by atoms with van der Waals surface area (Å²) in [4.78, 5) is 2.85. The molecule has 2 saturated heterocycles. The summed E-state index contributed by atoms with van der Waals surface area (Å²) >= 11 is -1.86. The predicted octanol–water partition coefficient (Wildman–Crippen LogP) is 6.32. The van der Waals surface area contributed by atoms with Gasteiger partial charge in [0.15, 0.2) is 0 Å². The maximum atomic E-state index is 2.85. The molecule has 1 nitrogen and oxygen atoms in total. The van der Waals surface area contributed by atoms with Gasteiger partial charge in [-0.1, -0.05) is 0 Å². The molecule has 0 aliphatic carbocycles. The Morgan fingerprint density at radius 2 is 1.50 bits per heavy atom. The Labute approximate surface area is 144 Å². The van der Waals surface area contributed by atoms with E-state index in [1.807, 2.05) is 0 Å². The number of unbranched alkanes of at least 4 members (excludes halogenated alkanes) is 3. The summed E-state index contributed by atoms with van der Waals surface area (Å²) in [5.41, 5.74) is 0. The van der Waals surface area contributed by atoms with E-state index < -0.39 is 18.4 Å². The quantitative estimate of drug-likeness (QED) is 0.358. The molecule has 0 radical (unpaired) electrons. The van der Waals surface area contributed by atoms with E-state index >= 15 is 0 Å². The van der Waals surface area contributed by atoms with Gasteiger partial charge in [-0.2, -0.15) is 0 Å². The van der Waals surface area contributed by atoms with Crippen molar-refractivity contribution in [2.24, 2.45) is 5.92 Å². The van der Waals surface area contributed by atoms with Crippen LogP contribution < -0.4 is 0 Å². The van der Waals surface area contributed by atoms with Crippen molar-refractivity contribution >= 4 is 18.4 Å². The van der Waals surface area contributed by atoms with Crippen LogP contribution in [0.5, 0.6) is 0 Å². The summed E-state index contributed by atoms with van der Waals surface area (Å²) in [6.07, 6.45) is 13.5. The average molecular weight is 414 g/mol. The number of nitrogens with zero attached hydrogens (tertiary/aromatic N) is 1. The fraction of sp³-hybridized carbons (Fsp3) is 1.00. The molecule has 0 unspecified atom stereocenters. The SMILES string of the molecule is CCC[CH2][Sn]([CH2]CCC)([CH2]CCC)[CH2][C@@H]1C[C@@H]2CCCN2C1. The topological polar surface area (TPSA) is 3.24 Å². The van der Waals surface area contributed by atoms with Crippen LogP contribution in [-0.2, 0) is 0 Å². The Balaban J connectivity index is 1.97. The maximum absolute atomic E-state index is 2.85. The molecule has 0 amide bonds. The zero-order chi connectivity index (χ0) is 15.8. The van der Waals surface area contributed by atoms with Crippen molar-refractivity contribution in [1.29, 1.82) is 0 Å². The summed E-state index contributed by atoms with van der Waals surface area (Å²) in [5, 5.41) is 0. The van der Waals surface area contributed by atoms with Crippen molar-refractivity contribution in [2.45, 2.75) is 102 Å². The molecule has 2 rings (SSSR count). The van der Waals surface area contributed by atoms with Crippen LogP contribution in [0.2, 0.25) is 17.7 Å². The van der Waals surface area contributed by atoms with Crippen LogP contribution >= 0.6 is 0 Å². The van der Waals surface area contributed by atoms with E-state index in [1.165, 1.54) is 45.2 Å². The molecule has 2 fully saturated rings. The molecule has 2 aliphatic rings. The second-order valence-corrected chi connectivity index (χ2v) is 22.4. The Morgan fingerprint density at radius 3 is 2.00 bits per heavy atom. The molecular weight excluding hydrogens is 373 g/mol. The second-order valence-electron chi connectivity index (χ2n) is 8.41. The first-order valence-corrected chi connectivity index (χ1v) is 18.5. The third kappa shape index (κ3) is 5.39. The van der Waals surface area contributed by atoms with Gasteiger partial charge in [0.25, 0.3) is 0 Å². The fourth-order valence-electron chi connectivity index (χ4n) is 5.29. The number of rotatable bonds is 11. The Morgan fingerprint density at radius 1 is 0.909 bits per heavy atom. The summed E-state index contributed by atoms with van der Waals surface area (Å²) in [6.45, 7) is 10.1. The van der Waals surface area contributed by atoms with Gasteiger partial charge in [0, 0.05) is 0 Å². The summed E-state index contributed by atoms with van der Waals surface area (Å²) in [7, 11) is 0. The molecule has 0 saturated carbocycles. The van der Waals surface area contributed by atoms with Crippen LogP contribution in [0.1, 0.15) is 78.6 Å². The summed E-state index contributed by atoms with van der Waals surface area (Å²) in [6, 6.07) is 0.998. The average Bonchev–Trinajstić information content (AvgIpc) is 3.09. The molecule has 0 N–H and O–H groups in total.